The lowest BCUT2D eigenvalue weighted by Crippen LogP contribution is -2.12. The second-order valence-electron chi connectivity index (χ2n) is 8.15. The van der Waals surface area contributed by atoms with Crippen LogP contribution in [-0.2, 0) is 11.2 Å². The molecule has 0 spiro atoms. The zero-order valence-corrected chi connectivity index (χ0v) is 20.5. The molecule has 0 aliphatic rings. The number of unbranched alkanes of at least 4 members (excludes halogenated alkanes) is 4. The van der Waals surface area contributed by atoms with Crippen LogP contribution in [0.15, 0.2) is 60.4 Å². The lowest BCUT2D eigenvalue weighted by atomic mass is 10.0. The summed E-state index contributed by atoms with van der Waals surface area (Å²) in [6.45, 7) is 5.53. The number of hydrogen-bond acceptors (Lipinski definition) is 4. The average molecular weight is 465 g/mol. The molecule has 0 saturated heterocycles. The van der Waals surface area contributed by atoms with E-state index in [2.05, 4.69) is 19.1 Å². The quantitative estimate of drug-likeness (QED) is 0.130. The fourth-order valence-electron chi connectivity index (χ4n) is 3.50. The summed E-state index contributed by atoms with van der Waals surface area (Å²) >= 11 is 0. The summed E-state index contributed by atoms with van der Waals surface area (Å²) in [5, 5.41) is 9.00. The smallest absolute Gasteiger partial charge is 0.341 e. The Morgan fingerprint density at radius 2 is 1.71 bits per heavy atom. The Kier molecular flexibility index (Phi) is 11.7. The second kappa shape index (κ2) is 14.7. The number of hydrogen-bond donors (Lipinski definition) is 1. The average Bonchev–Trinajstić information content (AvgIpc) is 2.85. The maximum Gasteiger partial charge on any atom is 0.341 e. The van der Waals surface area contributed by atoms with Crippen molar-refractivity contribution in [3.63, 3.8) is 0 Å². The van der Waals surface area contributed by atoms with Gasteiger partial charge in [0.2, 0.25) is 0 Å². The lowest BCUT2D eigenvalue weighted by molar-refractivity contribution is -0.139. The molecule has 0 aromatic heterocycles. The summed E-state index contributed by atoms with van der Waals surface area (Å²) in [6.07, 6.45) is 13.2. The highest BCUT2D eigenvalue weighted by Gasteiger charge is 2.14. The van der Waals surface area contributed by atoms with E-state index < -0.39 is 12.6 Å². The van der Waals surface area contributed by atoms with Gasteiger partial charge in [0.15, 0.2) is 12.4 Å². The molecular weight excluding hydrogens is 428 g/mol. The minimum atomic E-state index is -1.12. The van der Waals surface area contributed by atoms with Crippen molar-refractivity contribution in [3.8, 4) is 11.5 Å². The normalized spacial score (nSPS) is 11.6. The van der Waals surface area contributed by atoms with E-state index in [0.29, 0.717) is 12.2 Å². The van der Waals surface area contributed by atoms with Gasteiger partial charge < -0.3 is 14.6 Å². The molecular formula is C29H36O5. The topological polar surface area (TPSA) is 72.8 Å². The number of carbonyl (C=O) groups excluding carboxylic acids is 1. The van der Waals surface area contributed by atoms with Gasteiger partial charge in [-0.15, -0.1) is 0 Å². The molecule has 2 rings (SSSR count). The Hall–Kier alpha value is -3.34. The lowest BCUT2D eigenvalue weighted by Gasteiger charge is -2.12. The van der Waals surface area contributed by atoms with Crippen LogP contribution in [0.5, 0.6) is 11.5 Å². The van der Waals surface area contributed by atoms with Gasteiger partial charge in [0, 0.05) is 12.5 Å². The van der Waals surface area contributed by atoms with Gasteiger partial charge in [-0.2, -0.15) is 0 Å². The molecule has 0 aliphatic carbocycles. The molecule has 182 valence electrons. The van der Waals surface area contributed by atoms with Crippen molar-refractivity contribution in [3.05, 3.63) is 77.1 Å². The monoisotopic (exact) mass is 464 g/mol. The van der Waals surface area contributed by atoms with Gasteiger partial charge in [0.05, 0.1) is 11.3 Å². The standard InChI is InChI=1S/C29H36O5/c1-4-7-8-9-10-11-22-12-14-23(15-13-22)16-19-27(30)26-18-17-25(34-24(5-2)6-3)20-28(26)33-21-29(31)32/h5,12-20H,4,6-11,21H2,1-3H3,(H,31,32). The van der Waals surface area contributed by atoms with Gasteiger partial charge >= 0.3 is 5.97 Å². The van der Waals surface area contributed by atoms with Crippen LogP contribution in [-0.4, -0.2) is 23.5 Å². The molecule has 0 unspecified atom stereocenters. The van der Waals surface area contributed by atoms with Crippen molar-refractivity contribution in [2.75, 3.05) is 6.61 Å². The Bertz CT molecular complexity index is 986. The number of aryl methyl sites for hydroxylation is 1. The van der Waals surface area contributed by atoms with Gasteiger partial charge in [-0.25, -0.2) is 4.79 Å². The minimum absolute atomic E-state index is 0.180. The Morgan fingerprint density at radius 3 is 2.35 bits per heavy atom. The van der Waals surface area contributed by atoms with E-state index in [9.17, 15) is 9.59 Å². The van der Waals surface area contributed by atoms with Gasteiger partial charge in [0.25, 0.3) is 0 Å². The Balaban J connectivity index is 2.08. The zero-order valence-electron chi connectivity index (χ0n) is 20.5. The molecule has 0 fully saturated rings. The number of carboxylic acids is 1. The highest BCUT2D eigenvalue weighted by Crippen LogP contribution is 2.28. The predicted octanol–water partition coefficient (Wildman–Crippen LogP) is 7.25. The first-order valence-electron chi connectivity index (χ1n) is 12.1. The van der Waals surface area contributed by atoms with Crippen molar-refractivity contribution >= 4 is 17.8 Å². The Morgan fingerprint density at radius 1 is 0.971 bits per heavy atom. The molecule has 5 heteroatoms. The van der Waals surface area contributed by atoms with Crippen LogP contribution in [0, 0.1) is 0 Å². The molecule has 0 aliphatic heterocycles. The number of ketones is 1. The summed E-state index contributed by atoms with van der Waals surface area (Å²) in [6, 6.07) is 13.1. The number of carboxylic acid groups (broad SMARTS) is 1. The molecule has 2 aromatic carbocycles. The minimum Gasteiger partial charge on any atom is -0.481 e. The first kappa shape index (κ1) is 26.9. The van der Waals surface area contributed by atoms with Crippen LogP contribution in [0.4, 0.5) is 0 Å². The molecule has 0 radical (unpaired) electrons. The van der Waals surface area contributed by atoms with Gasteiger partial charge in [-0.3, -0.25) is 4.79 Å². The molecule has 2 aromatic rings. The maximum absolute atomic E-state index is 12.9. The molecule has 5 nitrogen and oxygen atoms in total. The van der Waals surface area contributed by atoms with Gasteiger partial charge in [-0.1, -0.05) is 69.9 Å². The molecule has 1 N–H and O–H groups in total. The van der Waals surface area contributed by atoms with E-state index in [1.807, 2.05) is 32.1 Å². The second-order valence-corrected chi connectivity index (χ2v) is 8.15. The molecule has 0 amide bonds. The SMILES string of the molecule is CC=C(CC)Oc1ccc(C(=O)C=Cc2ccc(CCCCCCC)cc2)c(OCC(=O)O)c1. The number of carbonyl (C=O) groups is 2. The van der Waals surface area contributed by atoms with Gasteiger partial charge in [0.1, 0.15) is 11.5 Å². The fraction of sp³-hybridized carbons (Fsp3) is 0.379. The van der Waals surface area contributed by atoms with Crippen LogP contribution < -0.4 is 9.47 Å². The van der Waals surface area contributed by atoms with E-state index in [1.54, 1.807) is 24.3 Å². The summed E-state index contributed by atoms with van der Waals surface area (Å²) in [5.41, 5.74) is 2.51. The third kappa shape index (κ3) is 9.26. The van der Waals surface area contributed by atoms with E-state index in [4.69, 9.17) is 14.6 Å². The van der Waals surface area contributed by atoms with E-state index in [0.717, 1.165) is 17.7 Å². The number of ether oxygens (including phenoxy) is 2. The summed E-state index contributed by atoms with van der Waals surface area (Å²) in [5.74, 6) is 0.0512. The van der Waals surface area contributed by atoms with E-state index in [-0.39, 0.29) is 17.1 Å². The van der Waals surface area contributed by atoms with Crippen LogP contribution >= 0.6 is 0 Å². The number of rotatable bonds is 15. The van der Waals surface area contributed by atoms with Crippen molar-refractivity contribution in [1.82, 2.24) is 0 Å². The summed E-state index contributed by atoms with van der Waals surface area (Å²) in [4.78, 5) is 23.9. The van der Waals surface area contributed by atoms with Crippen molar-refractivity contribution in [2.45, 2.75) is 65.7 Å². The number of allylic oxidation sites excluding steroid dienone is 3. The van der Waals surface area contributed by atoms with Crippen LogP contribution in [0.25, 0.3) is 6.08 Å². The van der Waals surface area contributed by atoms with Crippen LogP contribution in [0.2, 0.25) is 0 Å². The predicted molar refractivity (Wildman–Crippen MR) is 137 cm³/mol. The first-order chi connectivity index (χ1) is 16.5. The Labute approximate surface area is 203 Å². The van der Waals surface area contributed by atoms with E-state index >= 15 is 0 Å². The van der Waals surface area contributed by atoms with E-state index in [1.165, 1.54) is 43.7 Å². The third-order valence-corrected chi connectivity index (χ3v) is 5.46. The third-order valence-electron chi connectivity index (χ3n) is 5.46. The van der Waals surface area contributed by atoms with Crippen LogP contribution in [0.3, 0.4) is 0 Å². The highest BCUT2D eigenvalue weighted by molar-refractivity contribution is 6.08. The molecule has 0 bridgehead atoms. The number of aliphatic carboxylic acids is 1. The maximum atomic E-state index is 12.9. The molecule has 0 atom stereocenters. The zero-order chi connectivity index (χ0) is 24.8. The molecule has 0 saturated carbocycles. The van der Waals surface area contributed by atoms with Gasteiger partial charge in [-0.05, 0) is 55.2 Å². The molecule has 34 heavy (non-hydrogen) atoms. The van der Waals surface area contributed by atoms with Crippen LogP contribution in [0.1, 0.15) is 80.8 Å². The van der Waals surface area contributed by atoms with Crippen molar-refractivity contribution < 1.29 is 24.2 Å². The highest BCUT2D eigenvalue weighted by atomic mass is 16.5. The summed E-state index contributed by atoms with van der Waals surface area (Å²) < 4.78 is 11.2. The summed E-state index contributed by atoms with van der Waals surface area (Å²) in [7, 11) is 0. The fourth-order valence-corrected chi connectivity index (χ4v) is 3.50. The number of benzene rings is 2. The first-order valence-corrected chi connectivity index (χ1v) is 12.1. The molecule has 0 heterocycles. The largest absolute Gasteiger partial charge is 0.481 e. The van der Waals surface area contributed by atoms with Crippen molar-refractivity contribution in [2.24, 2.45) is 0 Å². The van der Waals surface area contributed by atoms with Crippen molar-refractivity contribution in [1.29, 1.82) is 0 Å².